The molecule has 0 saturated carbocycles. The van der Waals surface area contributed by atoms with Crippen molar-refractivity contribution in [3.8, 4) is 0 Å². The molecule has 0 spiro atoms. The van der Waals surface area contributed by atoms with Gasteiger partial charge in [0.05, 0.1) is 0 Å². The first-order chi connectivity index (χ1) is 11.0. The second kappa shape index (κ2) is 6.70. The van der Waals surface area contributed by atoms with Crippen molar-refractivity contribution in [2.45, 2.75) is 64.6 Å². The summed E-state index contributed by atoms with van der Waals surface area (Å²) in [4.78, 5) is 0. The molecule has 0 aromatic heterocycles. The van der Waals surface area contributed by atoms with Crippen LogP contribution in [0.5, 0.6) is 0 Å². The predicted octanol–water partition coefficient (Wildman–Crippen LogP) is 5.05. The van der Waals surface area contributed by atoms with Crippen LogP contribution in [0.1, 0.15) is 76.0 Å². The Kier molecular flexibility index (Phi) is 5.22. The maximum atomic E-state index is 10.5. The van der Waals surface area contributed by atoms with E-state index < -0.39 is 12.2 Å². The lowest BCUT2D eigenvalue weighted by Gasteiger charge is -2.23. The van der Waals surface area contributed by atoms with Crippen LogP contribution in [-0.4, -0.2) is 10.2 Å². The van der Waals surface area contributed by atoms with E-state index in [-0.39, 0.29) is 10.8 Å². The zero-order valence-electron chi connectivity index (χ0n) is 15.7. The van der Waals surface area contributed by atoms with Gasteiger partial charge >= 0.3 is 0 Å². The molecule has 0 saturated heterocycles. The third-order valence-corrected chi connectivity index (χ3v) is 4.54. The molecule has 0 unspecified atom stereocenters. The molecule has 2 N–H and O–H groups in total. The Balaban J connectivity index is 2.18. The van der Waals surface area contributed by atoms with E-state index in [9.17, 15) is 10.2 Å². The van der Waals surface area contributed by atoms with Crippen LogP contribution in [0.3, 0.4) is 0 Å². The maximum Gasteiger partial charge on any atom is 0.109 e. The Morgan fingerprint density at radius 2 is 0.792 bits per heavy atom. The van der Waals surface area contributed by atoms with Gasteiger partial charge in [-0.1, -0.05) is 90.1 Å². The van der Waals surface area contributed by atoms with E-state index in [1.54, 1.807) is 0 Å². The summed E-state index contributed by atoms with van der Waals surface area (Å²) in [5.74, 6) is 0. The van der Waals surface area contributed by atoms with Gasteiger partial charge in [-0.25, -0.2) is 0 Å². The summed E-state index contributed by atoms with van der Waals surface area (Å²) in [6.45, 7) is 12.9. The highest BCUT2D eigenvalue weighted by molar-refractivity contribution is 5.33. The van der Waals surface area contributed by atoms with Crippen molar-refractivity contribution >= 4 is 0 Å². The van der Waals surface area contributed by atoms with Crippen molar-refractivity contribution in [2.75, 3.05) is 0 Å². The molecule has 2 rings (SSSR count). The van der Waals surface area contributed by atoms with E-state index in [4.69, 9.17) is 0 Å². The third kappa shape index (κ3) is 4.25. The van der Waals surface area contributed by atoms with Gasteiger partial charge in [-0.2, -0.15) is 0 Å². The highest BCUT2D eigenvalue weighted by atomic mass is 16.3. The summed E-state index contributed by atoms with van der Waals surface area (Å²) in [5.41, 5.74) is 4.03. The number of aliphatic hydroxyl groups excluding tert-OH is 2. The quantitative estimate of drug-likeness (QED) is 0.828. The van der Waals surface area contributed by atoms with Gasteiger partial charge in [0.2, 0.25) is 0 Å². The molecule has 2 nitrogen and oxygen atoms in total. The van der Waals surface area contributed by atoms with Crippen molar-refractivity contribution < 1.29 is 10.2 Å². The molecule has 0 fully saturated rings. The predicted molar refractivity (Wildman–Crippen MR) is 100 cm³/mol. The third-order valence-electron chi connectivity index (χ3n) is 4.54. The van der Waals surface area contributed by atoms with Gasteiger partial charge < -0.3 is 10.2 Å². The number of hydrogen-bond acceptors (Lipinski definition) is 2. The summed E-state index contributed by atoms with van der Waals surface area (Å²) in [6, 6.07) is 15.7. The second-order valence-corrected chi connectivity index (χ2v) is 8.63. The first kappa shape index (κ1) is 18.7. The Bertz CT molecular complexity index is 594. The van der Waals surface area contributed by atoms with Crippen LogP contribution in [-0.2, 0) is 10.8 Å². The van der Waals surface area contributed by atoms with E-state index in [1.165, 1.54) is 11.1 Å². The van der Waals surface area contributed by atoms with Gasteiger partial charge in [0, 0.05) is 0 Å². The molecule has 0 aliphatic carbocycles. The van der Waals surface area contributed by atoms with Crippen molar-refractivity contribution in [1.29, 1.82) is 0 Å². The largest absolute Gasteiger partial charge is 0.385 e. The van der Waals surface area contributed by atoms with E-state index in [1.807, 2.05) is 48.5 Å². The maximum absolute atomic E-state index is 10.5. The first-order valence-electron chi connectivity index (χ1n) is 8.57. The van der Waals surface area contributed by atoms with Gasteiger partial charge in [0.1, 0.15) is 12.2 Å². The highest BCUT2D eigenvalue weighted by Gasteiger charge is 2.22. The molecular weight excluding hydrogens is 296 g/mol. The van der Waals surface area contributed by atoms with Crippen LogP contribution in [0.25, 0.3) is 0 Å². The van der Waals surface area contributed by atoms with E-state index >= 15 is 0 Å². The van der Waals surface area contributed by atoms with Crippen LogP contribution in [0, 0.1) is 0 Å². The van der Waals surface area contributed by atoms with Crippen LogP contribution >= 0.6 is 0 Å². The fourth-order valence-electron chi connectivity index (χ4n) is 2.73. The minimum atomic E-state index is -0.931. The van der Waals surface area contributed by atoms with Gasteiger partial charge in [-0.05, 0) is 33.1 Å². The van der Waals surface area contributed by atoms with Gasteiger partial charge in [0.15, 0.2) is 0 Å². The lowest BCUT2D eigenvalue weighted by Crippen LogP contribution is -2.14. The van der Waals surface area contributed by atoms with Crippen molar-refractivity contribution in [3.05, 3.63) is 70.8 Å². The molecule has 24 heavy (non-hydrogen) atoms. The van der Waals surface area contributed by atoms with Crippen LogP contribution in [0.15, 0.2) is 48.5 Å². The molecule has 0 radical (unpaired) electrons. The average Bonchev–Trinajstić information content (AvgIpc) is 2.52. The summed E-state index contributed by atoms with van der Waals surface area (Å²) < 4.78 is 0. The van der Waals surface area contributed by atoms with Crippen LogP contribution < -0.4 is 0 Å². The Morgan fingerprint density at radius 3 is 1.00 bits per heavy atom. The smallest absolute Gasteiger partial charge is 0.109 e. The van der Waals surface area contributed by atoms with E-state index in [0.717, 1.165) is 11.1 Å². The minimum Gasteiger partial charge on any atom is -0.385 e. The molecule has 0 aliphatic rings. The summed E-state index contributed by atoms with van der Waals surface area (Å²) in [6.07, 6.45) is -1.86. The van der Waals surface area contributed by atoms with Crippen molar-refractivity contribution in [1.82, 2.24) is 0 Å². The summed E-state index contributed by atoms with van der Waals surface area (Å²) >= 11 is 0. The summed E-state index contributed by atoms with van der Waals surface area (Å²) in [7, 11) is 0. The molecule has 0 bridgehead atoms. The molecule has 0 amide bonds. The standard InChI is InChI=1S/C22H30O2/c1-21(2,3)17-11-7-15(8-12-17)19(23)20(24)16-9-13-18(14-10-16)22(4,5)6/h7-14,19-20,23-24H,1-6H3/t19-,20-/m1/s1. The number of aliphatic hydroxyl groups is 2. The second-order valence-electron chi connectivity index (χ2n) is 8.63. The van der Waals surface area contributed by atoms with Gasteiger partial charge in [-0.15, -0.1) is 0 Å². The molecule has 0 aliphatic heterocycles. The Hall–Kier alpha value is -1.64. The lowest BCUT2D eigenvalue weighted by molar-refractivity contribution is 0.0172. The molecule has 130 valence electrons. The van der Waals surface area contributed by atoms with Crippen molar-refractivity contribution in [2.24, 2.45) is 0 Å². The molecule has 2 heteroatoms. The highest BCUT2D eigenvalue weighted by Crippen LogP contribution is 2.32. The number of benzene rings is 2. The fourth-order valence-corrected chi connectivity index (χ4v) is 2.73. The molecule has 2 aromatic carbocycles. The van der Waals surface area contributed by atoms with E-state index in [2.05, 4.69) is 41.5 Å². The topological polar surface area (TPSA) is 40.5 Å². The number of hydrogen-bond donors (Lipinski definition) is 2. The van der Waals surface area contributed by atoms with Gasteiger partial charge in [0.25, 0.3) is 0 Å². The molecular formula is C22H30O2. The zero-order valence-corrected chi connectivity index (χ0v) is 15.7. The van der Waals surface area contributed by atoms with E-state index in [0.29, 0.717) is 0 Å². The fraction of sp³-hybridized carbons (Fsp3) is 0.455. The Morgan fingerprint density at radius 1 is 0.542 bits per heavy atom. The zero-order chi connectivity index (χ0) is 18.1. The number of rotatable bonds is 3. The normalized spacial score (nSPS) is 15.2. The average molecular weight is 326 g/mol. The Labute approximate surface area is 146 Å². The first-order valence-corrected chi connectivity index (χ1v) is 8.57. The van der Waals surface area contributed by atoms with Crippen LogP contribution in [0.2, 0.25) is 0 Å². The lowest BCUT2D eigenvalue weighted by atomic mass is 9.85. The molecule has 2 aromatic rings. The van der Waals surface area contributed by atoms with Crippen molar-refractivity contribution in [3.63, 3.8) is 0 Å². The molecule has 0 heterocycles. The van der Waals surface area contributed by atoms with Gasteiger partial charge in [-0.3, -0.25) is 0 Å². The molecule has 2 atom stereocenters. The SMILES string of the molecule is CC(C)(C)c1ccc([C@@H](O)[C@H](O)c2ccc(C(C)(C)C)cc2)cc1. The van der Waals surface area contributed by atoms with Crippen LogP contribution in [0.4, 0.5) is 0 Å². The monoisotopic (exact) mass is 326 g/mol. The summed E-state index contributed by atoms with van der Waals surface area (Å²) in [5, 5.41) is 21.0. The minimum absolute atomic E-state index is 0.0743.